The predicted molar refractivity (Wildman–Crippen MR) is 47.9 cm³/mol. The van der Waals surface area contributed by atoms with Crippen LogP contribution >= 0.6 is 0 Å². The summed E-state index contributed by atoms with van der Waals surface area (Å²) in [5.74, 6) is -0.361. The normalized spacial score (nSPS) is 9.83. The van der Waals surface area contributed by atoms with Gasteiger partial charge in [-0.05, 0) is 24.6 Å². The maximum Gasteiger partial charge on any atom is 0.125 e. The van der Waals surface area contributed by atoms with E-state index in [-0.39, 0.29) is 5.82 Å². The summed E-state index contributed by atoms with van der Waals surface area (Å²) in [7, 11) is 0. The highest BCUT2D eigenvalue weighted by atomic mass is 19.1. The SMILES string of the molecule is CCC(=N)c1ccc(F)cc1N. The van der Waals surface area contributed by atoms with Gasteiger partial charge in [-0.1, -0.05) is 6.92 Å². The van der Waals surface area contributed by atoms with Gasteiger partial charge in [0.2, 0.25) is 0 Å². The molecule has 0 amide bonds. The Morgan fingerprint density at radius 1 is 1.58 bits per heavy atom. The standard InChI is InChI=1S/C9H11FN2/c1-2-8(11)7-4-3-6(10)5-9(7)12/h3-5,11H,2,12H2,1H3. The molecule has 1 rings (SSSR count). The Morgan fingerprint density at radius 2 is 2.25 bits per heavy atom. The number of nitrogen functional groups attached to an aromatic ring is 1. The molecule has 3 heteroatoms. The molecule has 3 N–H and O–H groups in total. The molecule has 0 fully saturated rings. The van der Waals surface area contributed by atoms with Gasteiger partial charge in [0.1, 0.15) is 5.82 Å². The molecule has 0 atom stereocenters. The molecule has 2 nitrogen and oxygen atoms in total. The lowest BCUT2D eigenvalue weighted by Gasteiger charge is -2.04. The Kier molecular flexibility index (Phi) is 2.43. The van der Waals surface area contributed by atoms with Crippen LogP contribution in [0.1, 0.15) is 18.9 Å². The Balaban J connectivity index is 3.09. The van der Waals surface area contributed by atoms with Gasteiger partial charge in [0.25, 0.3) is 0 Å². The zero-order valence-corrected chi connectivity index (χ0v) is 6.89. The van der Waals surface area contributed by atoms with E-state index in [1.807, 2.05) is 6.92 Å². The third-order valence-corrected chi connectivity index (χ3v) is 1.69. The van der Waals surface area contributed by atoms with Crippen LogP contribution in [0.15, 0.2) is 18.2 Å². The lowest BCUT2D eigenvalue weighted by molar-refractivity contribution is 0.628. The zero-order chi connectivity index (χ0) is 9.14. The van der Waals surface area contributed by atoms with Crippen LogP contribution in [0.4, 0.5) is 10.1 Å². The molecule has 64 valence electrons. The van der Waals surface area contributed by atoms with E-state index in [0.29, 0.717) is 23.4 Å². The van der Waals surface area contributed by atoms with Crippen molar-refractivity contribution in [3.8, 4) is 0 Å². The van der Waals surface area contributed by atoms with Gasteiger partial charge in [-0.2, -0.15) is 0 Å². The maximum absolute atomic E-state index is 12.6. The molecule has 0 aliphatic rings. The fourth-order valence-electron chi connectivity index (χ4n) is 0.999. The topological polar surface area (TPSA) is 49.9 Å². The summed E-state index contributed by atoms with van der Waals surface area (Å²) in [6.07, 6.45) is 0.607. The highest BCUT2D eigenvalue weighted by Gasteiger charge is 2.03. The number of benzene rings is 1. The first-order valence-corrected chi connectivity index (χ1v) is 3.78. The van der Waals surface area contributed by atoms with Crippen molar-refractivity contribution in [3.05, 3.63) is 29.6 Å². The highest BCUT2D eigenvalue weighted by Crippen LogP contribution is 2.14. The molecule has 0 saturated heterocycles. The largest absolute Gasteiger partial charge is 0.398 e. The molecular weight excluding hydrogens is 155 g/mol. The van der Waals surface area contributed by atoms with Crippen molar-refractivity contribution in [1.82, 2.24) is 0 Å². The highest BCUT2D eigenvalue weighted by molar-refractivity contribution is 6.02. The van der Waals surface area contributed by atoms with E-state index in [0.717, 1.165) is 0 Å². The Bertz CT molecular complexity index is 307. The van der Waals surface area contributed by atoms with Gasteiger partial charge in [-0.3, -0.25) is 0 Å². The summed E-state index contributed by atoms with van der Waals surface area (Å²) in [6.45, 7) is 1.87. The number of nitrogens with two attached hydrogens (primary N) is 1. The molecular formula is C9H11FN2. The van der Waals surface area contributed by atoms with E-state index >= 15 is 0 Å². The first-order valence-electron chi connectivity index (χ1n) is 3.78. The number of hydrogen-bond donors (Lipinski definition) is 2. The monoisotopic (exact) mass is 166 g/mol. The van der Waals surface area contributed by atoms with Crippen LogP contribution in [-0.2, 0) is 0 Å². The Labute approximate surface area is 70.7 Å². The van der Waals surface area contributed by atoms with Crippen molar-refractivity contribution < 1.29 is 4.39 Å². The van der Waals surface area contributed by atoms with Gasteiger partial charge in [0.15, 0.2) is 0 Å². The quantitative estimate of drug-likeness (QED) is 0.513. The van der Waals surface area contributed by atoms with E-state index in [1.54, 1.807) is 0 Å². The predicted octanol–water partition coefficient (Wildman–Crippen LogP) is 2.19. The van der Waals surface area contributed by atoms with Crippen LogP contribution in [0.25, 0.3) is 0 Å². The zero-order valence-electron chi connectivity index (χ0n) is 6.89. The molecule has 0 saturated carbocycles. The maximum atomic E-state index is 12.6. The molecule has 0 aliphatic carbocycles. The lowest BCUT2D eigenvalue weighted by atomic mass is 10.1. The molecule has 0 bridgehead atoms. The van der Waals surface area contributed by atoms with Crippen molar-refractivity contribution in [3.63, 3.8) is 0 Å². The smallest absolute Gasteiger partial charge is 0.125 e. The van der Waals surface area contributed by atoms with Crippen molar-refractivity contribution >= 4 is 11.4 Å². The Hall–Kier alpha value is -1.38. The molecule has 1 aromatic rings. The van der Waals surface area contributed by atoms with E-state index in [9.17, 15) is 4.39 Å². The minimum Gasteiger partial charge on any atom is -0.398 e. The van der Waals surface area contributed by atoms with Crippen molar-refractivity contribution in [1.29, 1.82) is 5.41 Å². The molecule has 0 unspecified atom stereocenters. The van der Waals surface area contributed by atoms with Crippen molar-refractivity contribution in [2.45, 2.75) is 13.3 Å². The third-order valence-electron chi connectivity index (χ3n) is 1.69. The van der Waals surface area contributed by atoms with Crippen molar-refractivity contribution in [2.75, 3.05) is 5.73 Å². The van der Waals surface area contributed by atoms with Gasteiger partial charge in [-0.25, -0.2) is 4.39 Å². The number of rotatable bonds is 2. The van der Waals surface area contributed by atoms with Gasteiger partial charge in [0, 0.05) is 17.0 Å². The Morgan fingerprint density at radius 3 is 2.75 bits per heavy atom. The minimum atomic E-state index is -0.361. The van der Waals surface area contributed by atoms with Crippen LogP contribution in [0, 0.1) is 11.2 Å². The second-order valence-electron chi connectivity index (χ2n) is 2.56. The summed E-state index contributed by atoms with van der Waals surface area (Å²) < 4.78 is 12.6. The number of hydrogen-bond acceptors (Lipinski definition) is 2. The minimum absolute atomic E-state index is 0.335. The fraction of sp³-hybridized carbons (Fsp3) is 0.222. The summed E-state index contributed by atoms with van der Waals surface area (Å²) in [5, 5.41) is 7.49. The summed E-state index contributed by atoms with van der Waals surface area (Å²) >= 11 is 0. The molecule has 0 radical (unpaired) electrons. The number of nitrogens with one attached hydrogen (secondary N) is 1. The first kappa shape index (κ1) is 8.71. The van der Waals surface area contributed by atoms with Crippen LogP contribution in [0.2, 0.25) is 0 Å². The summed E-state index contributed by atoms with van der Waals surface area (Å²) in [4.78, 5) is 0. The van der Waals surface area contributed by atoms with Crippen molar-refractivity contribution in [2.24, 2.45) is 0 Å². The summed E-state index contributed by atoms with van der Waals surface area (Å²) in [6, 6.07) is 4.09. The first-order chi connectivity index (χ1) is 5.65. The number of anilines is 1. The van der Waals surface area contributed by atoms with Crippen LogP contribution in [-0.4, -0.2) is 5.71 Å². The third kappa shape index (κ3) is 1.61. The van der Waals surface area contributed by atoms with Gasteiger partial charge in [-0.15, -0.1) is 0 Å². The van der Waals surface area contributed by atoms with E-state index in [2.05, 4.69) is 0 Å². The van der Waals surface area contributed by atoms with Crippen LogP contribution < -0.4 is 5.73 Å². The van der Waals surface area contributed by atoms with Crippen LogP contribution in [0.5, 0.6) is 0 Å². The average Bonchev–Trinajstić information content (AvgIpc) is 2.03. The van der Waals surface area contributed by atoms with E-state index in [1.165, 1.54) is 18.2 Å². The van der Waals surface area contributed by atoms with Gasteiger partial charge < -0.3 is 11.1 Å². The van der Waals surface area contributed by atoms with Crippen LogP contribution in [0.3, 0.4) is 0 Å². The van der Waals surface area contributed by atoms with E-state index < -0.39 is 0 Å². The lowest BCUT2D eigenvalue weighted by Crippen LogP contribution is -2.02. The average molecular weight is 166 g/mol. The fourth-order valence-corrected chi connectivity index (χ4v) is 0.999. The van der Waals surface area contributed by atoms with E-state index in [4.69, 9.17) is 11.1 Å². The molecule has 0 aromatic heterocycles. The second-order valence-corrected chi connectivity index (χ2v) is 2.56. The second kappa shape index (κ2) is 3.34. The summed E-state index contributed by atoms with van der Waals surface area (Å²) in [5.41, 5.74) is 6.91. The molecule has 0 spiro atoms. The van der Waals surface area contributed by atoms with Gasteiger partial charge >= 0.3 is 0 Å². The molecule has 12 heavy (non-hydrogen) atoms. The van der Waals surface area contributed by atoms with Gasteiger partial charge in [0.05, 0.1) is 0 Å². The molecule has 0 aliphatic heterocycles. The molecule has 0 heterocycles. The number of halogens is 1. The molecule has 1 aromatic carbocycles.